The highest BCUT2D eigenvalue weighted by atomic mass is 35.5. The van der Waals surface area contributed by atoms with Gasteiger partial charge in [-0.1, -0.05) is 6.92 Å². The van der Waals surface area contributed by atoms with Crippen LogP contribution in [-0.2, 0) is 14.3 Å². The van der Waals surface area contributed by atoms with Gasteiger partial charge in [-0.05, 0) is 101 Å². The van der Waals surface area contributed by atoms with Gasteiger partial charge < -0.3 is 10.1 Å². The molecular weight excluding hydrogens is 398 g/mol. The maximum Gasteiger partial charge on any atom is 0.302 e. The maximum atomic E-state index is 12.8. The van der Waals surface area contributed by atoms with E-state index in [0.29, 0.717) is 29.1 Å². The Kier molecular flexibility index (Phi) is 5.22. The number of carbonyl (C=O) groups is 2. The first-order valence-corrected chi connectivity index (χ1v) is 12.0. The van der Waals surface area contributed by atoms with Gasteiger partial charge in [0.15, 0.2) is 0 Å². The number of Topliss-reactive ketones (excluding diaryl/α,β-unsaturated/α-hetero) is 1. The molecule has 0 aromatic heterocycles. The largest absolute Gasteiger partial charge is 0.463 e. The topological polar surface area (TPSA) is 55.4 Å². The Hall–Kier alpha value is -0.610. The molecule has 0 saturated heterocycles. The lowest BCUT2D eigenvalue weighted by Gasteiger charge is -2.57. The SMILES string of the molecule is CC(=O)O[C@H]1CC[C@@]23C[C@]2(C1)C(NC(C)(C)C)C[C@@H]1[C@@H]3CC[C@]2(C)C(=O)CC[C@@H]12.Cl. The number of rotatable bonds is 2. The van der Waals surface area contributed by atoms with E-state index in [0.717, 1.165) is 38.0 Å². The van der Waals surface area contributed by atoms with Gasteiger partial charge in [-0.15, -0.1) is 12.4 Å². The Bertz CT molecular complexity index is 747. The van der Waals surface area contributed by atoms with Gasteiger partial charge in [0.2, 0.25) is 0 Å². The molecule has 1 N–H and O–H groups in total. The average Bonchev–Trinajstić information content (AvgIpc) is 3.21. The summed E-state index contributed by atoms with van der Waals surface area (Å²) in [5, 5.41) is 4.02. The minimum absolute atomic E-state index is 0. The zero-order valence-corrected chi connectivity index (χ0v) is 20.2. The van der Waals surface area contributed by atoms with Gasteiger partial charge >= 0.3 is 5.97 Å². The highest BCUT2D eigenvalue weighted by molar-refractivity contribution is 5.87. The summed E-state index contributed by atoms with van der Waals surface area (Å²) in [6.45, 7) is 10.6. The van der Waals surface area contributed by atoms with Crippen LogP contribution in [-0.4, -0.2) is 29.4 Å². The third-order valence-corrected chi connectivity index (χ3v) is 9.97. The second-order valence-electron chi connectivity index (χ2n) is 12.4. The molecule has 0 spiro atoms. The molecule has 8 atom stereocenters. The van der Waals surface area contributed by atoms with Crippen molar-refractivity contribution in [3.8, 4) is 0 Å². The molecule has 5 rings (SSSR count). The third-order valence-electron chi connectivity index (χ3n) is 9.97. The van der Waals surface area contributed by atoms with Crippen LogP contribution in [0.4, 0.5) is 0 Å². The lowest BCUT2D eigenvalue weighted by Crippen LogP contribution is -2.59. The van der Waals surface area contributed by atoms with Gasteiger partial charge in [0.1, 0.15) is 11.9 Å². The number of hydrogen-bond donors (Lipinski definition) is 1. The molecule has 5 saturated carbocycles. The molecule has 0 bridgehead atoms. The lowest BCUT2D eigenvalue weighted by molar-refractivity contribution is -0.153. The Labute approximate surface area is 188 Å². The minimum Gasteiger partial charge on any atom is -0.463 e. The van der Waals surface area contributed by atoms with Crippen LogP contribution in [0.1, 0.15) is 92.4 Å². The molecule has 4 nitrogen and oxygen atoms in total. The fraction of sp³-hybridized carbons (Fsp3) is 0.920. The van der Waals surface area contributed by atoms with Crippen molar-refractivity contribution in [1.29, 1.82) is 0 Å². The Morgan fingerprint density at radius 2 is 1.83 bits per heavy atom. The van der Waals surface area contributed by atoms with E-state index in [1.54, 1.807) is 6.92 Å². The van der Waals surface area contributed by atoms with Gasteiger partial charge in [-0.3, -0.25) is 9.59 Å². The third kappa shape index (κ3) is 3.03. The molecule has 0 aromatic carbocycles. The van der Waals surface area contributed by atoms with Crippen molar-refractivity contribution in [2.24, 2.45) is 34.0 Å². The first-order valence-electron chi connectivity index (χ1n) is 12.0. The summed E-state index contributed by atoms with van der Waals surface area (Å²) in [4.78, 5) is 24.4. The fourth-order valence-electron chi connectivity index (χ4n) is 8.98. The minimum atomic E-state index is -0.133. The van der Waals surface area contributed by atoms with E-state index < -0.39 is 0 Å². The fourth-order valence-corrected chi connectivity index (χ4v) is 8.98. The van der Waals surface area contributed by atoms with Crippen LogP contribution < -0.4 is 5.32 Å². The normalized spacial score (nSPS) is 49.1. The molecule has 0 heterocycles. The number of ether oxygens (including phenoxy) is 1. The van der Waals surface area contributed by atoms with E-state index in [1.807, 2.05) is 0 Å². The van der Waals surface area contributed by atoms with E-state index in [2.05, 4.69) is 33.0 Å². The number of hydrogen-bond acceptors (Lipinski definition) is 4. The Morgan fingerprint density at radius 3 is 2.50 bits per heavy atom. The molecule has 5 aliphatic rings. The zero-order chi connectivity index (χ0) is 20.8. The van der Waals surface area contributed by atoms with Crippen molar-refractivity contribution in [2.75, 3.05) is 0 Å². The van der Waals surface area contributed by atoms with Crippen molar-refractivity contribution >= 4 is 24.2 Å². The van der Waals surface area contributed by atoms with Crippen LogP contribution in [0.3, 0.4) is 0 Å². The smallest absolute Gasteiger partial charge is 0.302 e. The molecule has 0 amide bonds. The number of nitrogens with one attached hydrogen (secondary N) is 1. The van der Waals surface area contributed by atoms with E-state index in [-0.39, 0.29) is 40.8 Å². The Balaban J connectivity index is 0.00000218. The van der Waals surface area contributed by atoms with E-state index in [9.17, 15) is 9.59 Å². The second-order valence-corrected chi connectivity index (χ2v) is 12.4. The molecule has 0 aromatic rings. The van der Waals surface area contributed by atoms with Crippen LogP contribution in [0.15, 0.2) is 0 Å². The number of carbonyl (C=O) groups excluding carboxylic acids is 2. The molecule has 0 aliphatic heterocycles. The molecular formula is C25H40ClNO3. The summed E-state index contributed by atoms with van der Waals surface area (Å²) >= 11 is 0. The molecule has 30 heavy (non-hydrogen) atoms. The van der Waals surface area contributed by atoms with Crippen LogP contribution >= 0.6 is 12.4 Å². The van der Waals surface area contributed by atoms with Crippen LogP contribution in [0.5, 0.6) is 0 Å². The number of fused-ring (bicyclic) bond motifs is 3. The van der Waals surface area contributed by atoms with Gasteiger partial charge in [0.25, 0.3) is 0 Å². The predicted octanol–water partition coefficient (Wildman–Crippen LogP) is 5.07. The number of esters is 1. The van der Waals surface area contributed by atoms with Crippen molar-refractivity contribution < 1.29 is 14.3 Å². The Morgan fingerprint density at radius 1 is 1.10 bits per heavy atom. The second kappa shape index (κ2) is 6.94. The van der Waals surface area contributed by atoms with E-state index in [4.69, 9.17) is 4.74 Å². The van der Waals surface area contributed by atoms with Crippen molar-refractivity contribution in [3.05, 3.63) is 0 Å². The highest BCUT2D eigenvalue weighted by Crippen LogP contribution is 2.82. The van der Waals surface area contributed by atoms with Gasteiger partial charge in [-0.2, -0.15) is 0 Å². The molecule has 5 fully saturated rings. The van der Waals surface area contributed by atoms with Crippen LogP contribution in [0.2, 0.25) is 0 Å². The van der Waals surface area contributed by atoms with Crippen molar-refractivity contribution in [2.45, 2.75) is 110 Å². The first-order chi connectivity index (χ1) is 13.5. The summed E-state index contributed by atoms with van der Waals surface area (Å²) in [6, 6.07) is 0.472. The monoisotopic (exact) mass is 437 g/mol. The van der Waals surface area contributed by atoms with E-state index in [1.165, 1.54) is 25.7 Å². The van der Waals surface area contributed by atoms with Gasteiger partial charge in [-0.25, -0.2) is 0 Å². The molecule has 170 valence electrons. The summed E-state index contributed by atoms with van der Waals surface area (Å²) in [7, 11) is 0. The van der Waals surface area contributed by atoms with Gasteiger partial charge in [0, 0.05) is 30.3 Å². The predicted molar refractivity (Wildman–Crippen MR) is 119 cm³/mol. The quantitative estimate of drug-likeness (QED) is 0.612. The summed E-state index contributed by atoms with van der Waals surface area (Å²) in [5.74, 6) is 2.43. The molecule has 5 aliphatic carbocycles. The number of halogens is 1. The lowest BCUT2D eigenvalue weighted by atomic mass is 9.49. The summed E-state index contributed by atoms with van der Waals surface area (Å²) < 4.78 is 5.73. The standard InChI is InChI=1S/C25H39NO3.ClH/c1-15(27)29-16-8-11-24-14-25(24,13-16)20(26-22(2,3)4)12-17-18-6-7-21(28)23(18,5)10-9-19(17)24;/h16-20,26H,6-14H2,1-5H3;1H/t16-,17-,18-,19-,20?,23-,24-,25+;/m0./s1. The van der Waals surface area contributed by atoms with Crippen LogP contribution in [0.25, 0.3) is 0 Å². The molecule has 0 radical (unpaired) electrons. The van der Waals surface area contributed by atoms with Gasteiger partial charge in [0.05, 0.1) is 0 Å². The summed E-state index contributed by atoms with van der Waals surface area (Å²) in [6.07, 6.45) is 10.1. The maximum absolute atomic E-state index is 12.8. The van der Waals surface area contributed by atoms with Crippen molar-refractivity contribution in [1.82, 2.24) is 5.32 Å². The first kappa shape index (κ1) is 22.6. The summed E-state index contributed by atoms with van der Waals surface area (Å²) in [5.41, 5.74) is 0.713. The zero-order valence-electron chi connectivity index (χ0n) is 19.4. The van der Waals surface area contributed by atoms with Crippen LogP contribution in [0, 0.1) is 34.0 Å². The number of ketones is 1. The average molecular weight is 438 g/mol. The highest BCUT2D eigenvalue weighted by Gasteiger charge is 2.79. The van der Waals surface area contributed by atoms with E-state index >= 15 is 0 Å². The molecule has 5 heteroatoms. The molecule has 1 unspecified atom stereocenters. The van der Waals surface area contributed by atoms with Crippen molar-refractivity contribution in [3.63, 3.8) is 0 Å².